The zero-order valence-electron chi connectivity index (χ0n) is 7.20. The van der Waals surface area contributed by atoms with Crippen molar-refractivity contribution in [2.45, 2.75) is 0 Å². The number of carbonyl (C=O) groups excluding carboxylic acids is 1. The van der Waals surface area contributed by atoms with Gasteiger partial charge in [0.1, 0.15) is 5.58 Å². The summed E-state index contributed by atoms with van der Waals surface area (Å²) >= 11 is 0. The molecule has 13 heavy (non-hydrogen) atoms. The van der Waals surface area contributed by atoms with Crippen LogP contribution >= 0.6 is 0 Å². The average Bonchev–Trinajstić information content (AvgIpc) is 2.63. The van der Waals surface area contributed by atoms with Gasteiger partial charge >= 0.3 is 0 Å². The first-order chi connectivity index (χ1) is 6.33. The third kappa shape index (κ3) is 1.18. The Labute approximate surface area is 75.3 Å². The number of hydrogen-bond acceptors (Lipinski definition) is 2. The van der Waals surface area contributed by atoms with Gasteiger partial charge in [0.05, 0.1) is 11.8 Å². The molecule has 0 saturated heterocycles. The monoisotopic (exact) mass is 175 g/mol. The Morgan fingerprint density at radius 2 is 2.23 bits per heavy atom. The van der Waals surface area contributed by atoms with Gasteiger partial charge in [-0.3, -0.25) is 4.79 Å². The van der Waals surface area contributed by atoms with E-state index in [0.717, 1.165) is 11.0 Å². The summed E-state index contributed by atoms with van der Waals surface area (Å²) in [6.45, 7) is 0. The predicted octanol–water partition coefficient (Wildman–Crippen LogP) is 1.79. The third-order valence-electron chi connectivity index (χ3n) is 1.97. The summed E-state index contributed by atoms with van der Waals surface area (Å²) in [7, 11) is 1.61. The summed E-state index contributed by atoms with van der Waals surface area (Å²) < 4.78 is 5.17. The number of carbonyl (C=O) groups is 1. The van der Waals surface area contributed by atoms with Crippen LogP contribution in [0, 0.1) is 0 Å². The molecule has 0 radical (unpaired) electrons. The maximum absolute atomic E-state index is 11.4. The first-order valence-electron chi connectivity index (χ1n) is 4.01. The molecule has 0 fully saturated rings. The van der Waals surface area contributed by atoms with Crippen molar-refractivity contribution < 1.29 is 9.21 Å². The molecule has 1 N–H and O–H groups in total. The summed E-state index contributed by atoms with van der Waals surface area (Å²) in [6.07, 6.45) is 1.58. The van der Waals surface area contributed by atoms with Gasteiger partial charge in [-0.2, -0.15) is 0 Å². The van der Waals surface area contributed by atoms with Crippen molar-refractivity contribution in [3.63, 3.8) is 0 Å². The Morgan fingerprint density at radius 1 is 1.38 bits per heavy atom. The molecule has 1 amide bonds. The molecule has 0 aliphatic carbocycles. The molecular formula is C10H9NO2. The van der Waals surface area contributed by atoms with E-state index in [1.54, 1.807) is 31.5 Å². The van der Waals surface area contributed by atoms with Gasteiger partial charge in [0.25, 0.3) is 5.91 Å². The van der Waals surface area contributed by atoms with Gasteiger partial charge in [-0.25, -0.2) is 0 Å². The van der Waals surface area contributed by atoms with Crippen LogP contribution in [0.25, 0.3) is 11.0 Å². The van der Waals surface area contributed by atoms with Crippen molar-refractivity contribution >= 4 is 16.9 Å². The molecule has 0 aliphatic heterocycles. The molecule has 3 heteroatoms. The molecule has 0 bridgehead atoms. The fourth-order valence-electron chi connectivity index (χ4n) is 1.33. The van der Waals surface area contributed by atoms with E-state index in [-0.39, 0.29) is 5.91 Å². The largest absolute Gasteiger partial charge is 0.464 e. The Bertz CT molecular complexity index is 445. The topological polar surface area (TPSA) is 42.2 Å². The van der Waals surface area contributed by atoms with E-state index in [1.165, 1.54) is 0 Å². The van der Waals surface area contributed by atoms with E-state index in [0.29, 0.717) is 5.56 Å². The molecule has 0 atom stereocenters. The summed E-state index contributed by atoms with van der Waals surface area (Å²) in [5, 5.41) is 3.43. The first kappa shape index (κ1) is 7.86. The maximum atomic E-state index is 11.4. The quantitative estimate of drug-likeness (QED) is 0.718. The molecule has 2 rings (SSSR count). The molecule has 66 valence electrons. The molecule has 1 aromatic heterocycles. The van der Waals surface area contributed by atoms with Crippen LogP contribution < -0.4 is 5.32 Å². The zero-order valence-corrected chi connectivity index (χ0v) is 7.20. The lowest BCUT2D eigenvalue weighted by Crippen LogP contribution is -2.17. The van der Waals surface area contributed by atoms with Crippen LogP contribution in [0.4, 0.5) is 0 Å². The van der Waals surface area contributed by atoms with Gasteiger partial charge in [0.15, 0.2) is 0 Å². The second kappa shape index (κ2) is 2.94. The number of benzene rings is 1. The fourth-order valence-corrected chi connectivity index (χ4v) is 1.33. The summed E-state index contributed by atoms with van der Waals surface area (Å²) in [6, 6.07) is 7.20. The Kier molecular flexibility index (Phi) is 1.77. The average molecular weight is 175 g/mol. The SMILES string of the molecule is CNC(=O)c1cccc2occc12. The van der Waals surface area contributed by atoms with E-state index >= 15 is 0 Å². The summed E-state index contributed by atoms with van der Waals surface area (Å²) in [5.74, 6) is -0.0907. The van der Waals surface area contributed by atoms with Crippen molar-refractivity contribution in [3.8, 4) is 0 Å². The van der Waals surface area contributed by atoms with Crippen LogP contribution in [0.2, 0.25) is 0 Å². The fraction of sp³-hybridized carbons (Fsp3) is 0.100. The Morgan fingerprint density at radius 3 is 3.00 bits per heavy atom. The van der Waals surface area contributed by atoms with Gasteiger partial charge in [0, 0.05) is 12.4 Å². The zero-order chi connectivity index (χ0) is 9.26. The minimum absolute atomic E-state index is 0.0907. The number of furan rings is 1. The maximum Gasteiger partial charge on any atom is 0.251 e. The van der Waals surface area contributed by atoms with Crippen molar-refractivity contribution in [1.29, 1.82) is 0 Å². The van der Waals surface area contributed by atoms with Crippen LogP contribution in [0.1, 0.15) is 10.4 Å². The molecule has 0 unspecified atom stereocenters. The molecular weight excluding hydrogens is 166 g/mol. The van der Waals surface area contributed by atoms with Crippen molar-refractivity contribution in [3.05, 3.63) is 36.1 Å². The molecule has 0 saturated carbocycles. The highest BCUT2D eigenvalue weighted by molar-refractivity contribution is 6.05. The smallest absolute Gasteiger partial charge is 0.251 e. The number of amides is 1. The van der Waals surface area contributed by atoms with Gasteiger partial charge in [0.2, 0.25) is 0 Å². The third-order valence-corrected chi connectivity index (χ3v) is 1.97. The van der Waals surface area contributed by atoms with Crippen molar-refractivity contribution in [2.24, 2.45) is 0 Å². The Hall–Kier alpha value is -1.77. The highest BCUT2D eigenvalue weighted by Gasteiger charge is 2.08. The lowest BCUT2D eigenvalue weighted by atomic mass is 10.1. The lowest BCUT2D eigenvalue weighted by molar-refractivity contribution is 0.0964. The van der Waals surface area contributed by atoms with Gasteiger partial charge in [-0.05, 0) is 18.2 Å². The minimum Gasteiger partial charge on any atom is -0.464 e. The van der Waals surface area contributed by atoms with Crippen LogP contribution in [0.3, 0.4) is 0 Å². The van der Waals surface area contributed by atoms with Crippen molar-refractivity contribution in [2.75, 3.05) is 7.05 Å². The number of nitrogens with one attached hydrogen (secondary N) is 1. The molecule has 3 nitrogen and oxygen atoms in total. The minimum atomic E-state index is -0.0907. The van der Waals surface area contributed by atoms with Crippen LogP contribution in [0.5, 0.6) is 0 Å². The number of rotatable bonds is 1. The second-order valence-corrected chi connectivity index (χ2v) is 2.72. The summed E-state index contributed by atoms with van der Waals surface area (Å²) in [4.78, 5) is 11.4. The second-order valence-electron chi connectivity index (χ2n) is 2.72. The van der Waals surface area contributed by atoms with Crippen LogP contribution in [0.15, 0.2) is 34.9 Å². The van der Waals surface area contributed by atoms with E-state index < -0.39 is 0 Å². The van der Waals surface area contributed by atoms with E-state index in [4.69, 9.17) is 4.42 Å². The first-order valence-corrected chi connectivity index (χ1v) is 4.01. The molecule has 0 spiro atoms. The normalized spacial score (nSPS) is 10.2. The Balaban J connectivity index is 2.67. The van der Waals surface area contributed by atoms with Crippen molar-refractivity contribution in [1.82, 2.24) is 5.32 Å². The van der Waals surface area contributed by atoms with E-state index in [9.17, 15) is 4.79 Å². The lowest BCUT2D eigenvalue weighted by Gasteiger charge is -1.99. The molecule has 1 aromatic carbocycles. The van der Waals surface area contributed by atoms with Gasteiger partial charge in [-0.15, -0.1) is 0 Å². The molecule has 0 aliphatic rings. The van der Waals surface area contributed by atoms with Gasteiger partial charge < -0.3 is 9.73 Å². The molecule has 2 aromatic rings. The highest BCUT2D eigenvalue weighted by Crippen LogP contribution is 2.19. The number of fused-ring (bicyclic) bond motifs is 1. The highest BCUT2D eigenvalue weighted by atomic mass is 16.3. The molecule has 1 heterocycles. The van der Waals surface area contributed by atoms with E-state index in [1.807, 2.05) is 6.07 Å². The van der Waals surface area contributed by atoms with Crippen LogP contribution in [-0.4, -0.2) is 13.0 Å². The van der Waals surface area contributed by atoms with Crippen LogP contribution in [-0.2, 0) is 0 Å². The number of hydrogen-bond donors (Lipinski definition) is 1. The van der Waals surface area contributed by atoms with E-state index in [2.05, 4.69) is 5.32 Å². The van der Waals surface area contributed by atoms with Gasteiger partial charge in [-0.1, -0.05) is 6.07 Å². The standard InChI is InChI=1S/C10H9NO2/c1-11-10(12)8-3-2-4-9-7(8)5-6-13-9/h2-6H,1H3,(H,11,12). The predicted molar refractivity (Wildman–Crippen MR) is 49.6 cm³/mol. The summed E-state index contributed by atoms with van der Waals surface area (Å²) in [5.41, 5.74) is 1.38.